The van der Waals surface area contributed by atoms with E-state index in [1.54, 1.807) is 24.3 Å². The molecule has 0 aliphatic heterocycles. The van der Waals surface area contributed by atoms with E-state index in [2.05, 4.69) is 10.6 Å². The SMILES string of the molecule is COc1cc(NC(=O)COc2cccc(NC(=O)C3CC3)c2)ccc1C(=O)O. The van der Waals surface area contributed by atoms with Crippen molar-refractivity contribution >= 4 is 29.2 Å². The summed E-state index contributed by atoms with van der Waals surface area (Å²) in [4.78, 5) is 35.0. The van der Waals surface area contributed by atoms with Crippen LogP contribution in [-0.4, -0.2) is 36.6 Å². The van der Waals surface area contributed by atoms with Gasteiger partial charge in [0.1, 0.15) is 17.1 Å². The van der Waals surface area contributed by atoms with Crippen LogP contribution in [0.4, 0.5) is 11.4 Å². The lowest BCUT2D eigenvalue weighted by Crippen LogP contribution is -2.20. The Kier molecular flexibility index (Phi) is 5.78. The molecule has 0 saturated heterocycles. The molecule has 0 spiro atoms. The number of aromatic carboxylic acids is 1. The van der Waals surface area contributed by atoms with E-state index < -0.39 is 11.9 Å². The Bertz CT molecular complexity index is 907. The van der Waals surface area contributed by atoms with Crippen LogP contribution < -0.4 is 20.1 Å². The Morgan fingerprint density at radius 2 is 1.82 bits per heavy atom. The number of ether oxygens (including phenoxy) is 2. The Morgan fingerprint density at radius 3 is 2.50 bits per heavy atom. The molecule has 1 aliphatic rings. The Labute approximate surface area is 161 Å². The van der Waals surface area contributed by atoms with Crippen LogP contribution in [0, 0.1) is 5.92 Å². The third-order valence-corrected chi connectivity index (χ3v) is 4.14. The minimum Gasteiger partial charge on any atom is -0.496 e. The van der Waals surface area contributed by atoms with Crippen molar-refractivity contribution in [3.8, 4) is 11.5 Å². The molecule has 1 fully saturated rings. The van der Waals surface area contributed by atoms with Gasteiger partial charge in [0.25, 0.3) is 5.91 Å². The van der Waals surface area contributed by atoms with Crippen LogP contribution in [-0.2, 0) is 9.59 Å². The van der Waals surface area contributed by atoms with Gasteiger partial charge in [-0.3, -0.25) is 9.59 Å². The molecule has 0 bridgehead atoms. The summed E-state index contributed by atoms with van der Waals surface area (Å²) in [7, 11) is 1.35. The van der Waals surface area contributed by atoms with Gasteiger partial charge in [-0.2, -0.15) is 0 Å². The van der Waals surface area contributed by atoms with E-state index in [-0.39, 0.29) is 29.7 Å². The summed E-state index contributed by atoms with van der Waals surface area (Å²) in [6.07, 6.45) is 1.83. The first kappa shape index (κ1) is 19.2. The van der Waals surface area contributed by atoms with Crippen LogP contribution in [0.2, 0.25) is 0 Å². The molecular formula is C20H20N2O6. The zero-order chi connectivity index (χ0) is 20.1. The zero-order valence-electron chi connectivity index (χ0n) is 15.2. The lowest BCUT2D eigenvalue weighted by atomic mass is 10.2. The van der Waals surface area contributed by atoms with Crippen LogP contribution in [0.5, 0.6) is 11.5 Å². The quantitative estimate of drug-likeness (QED) is 0.645. The average molecular weight is 384 g/mol. The number of carboxylic acids is 1. The van der Waals surface area contributed by atoms with Gasteiger partial charge in [0.2, 0.25) is 5.91 Å². The fourth-order valence-corrected chi connectivity index (χ4v) is 2.55. The molecule has 146 valence electrons. The summed E-state index contributed by atoms with van der Waals surface area (Å²) in [6.45, 7) is -0.247. The monoisotopic (exact) mass is 384 g/mol. The lowest BCUT2D eigenvalue weighted by Gasteiger charge is -2.11. The van der Waals surface area contributed by atoms with Crippen LogP contribution in [0.15, 0.2) is 42.5 Å². The number of nitrogens with one attached hydrogen (secondary N) is 2. The normalized spacial score (nSPS) is 12.8. The first-order valence-corrected chi connectivity index (χ1v) is 8.71. The number of amides is 2. The van der Waals surface area contributed by atoms with Gasteiger partial charge in [-0.1, -0.05) is 6.07 Å². The lowest BCUT2D eigenvalue weighted by molar-refractivity contribution is -0.118. The number of anilines is 2. The van der Waals surface area contributed by atoms with Gasteiger partial charge in [0, 0.05) is 29.4 Å². The van der Waals surface area contributed by atoms with Crippen molar-refractivity contribution in [3.05, 3.63) is 48.0 Å². The molecule has 28 heavy (non-hydrogen) atoms. The molecule has 1 aliphatic carbocycles. The van der Waals surface area contributed by atoms with Crippen molar-refractivity contribution in [2.75, 3.05) is 24.4 Å². The van der Waals surface area contributed by atoms with Gasteiger partial charge < -0.3 is 25.2 Å². The van der Waals surface area contributed by atoms with Crippen LogP contribution in [0.25, 0.3) is 0 Å². The second kappa shape index (κ2) is 8.43. The zero-order valence-corrected chi connectivity index (χ0v) is 15.2. The second-order valence-electron chi connectivity index (χ2n) is 6.35. The summed E-state index contributed by atoms with van der Waals surface area (Å²) >= 11 is 0. The highest BCUT2D eigenvalue weighted by atomic mass is 16.5. The van der Waals surface area contributed by atoms with Gasteiger partial charge in [-0.05, 0) is 37.1 Å². The van der Waals surface area contributed by atoms with Crippen LogP contribution >= 0.6 is 0 Å². The number of carbonyl (C=O) groups excluding carboxylic acids is 2. The molecule has 8 nitrogen and oxygen atoms in total. The minimum atomic E-state index is -1.12. The van der Waals surface area contributed by atoms with Gasteiger partial charge in [0.05, 0.1) is 7.11 Å². The second-order valence-corrected chi connectivity index (χ2v) is 6.35. The highest BCUT2D eigenvalue weighted by Gasteiger charge is 2.29. The predicted molar refractivity (Wildman–Crippen MR) is 102 cm³/mol. The molecule has 0 atom stereocenters. The summed E-state index contributed by atoms with van der Waals surface area (Å²) in [5.74, 6) is -0.856. The number of hydrogen-bond donors (Lipinski definition) is 3. The fraction of sp³-hybridized carbons (Fsp3) is 0.250. The van der Waals surface area contributed by atoms with Gasteiger partial charge in [0.15, 0.2) is 6.61 Å². The summed E-state index contributed by atoms with van der Waals surface area (Å²) in [5, 5.41) is 14.5. The van der Waals surface area contributed by atoms with E-state index >= 15 is 0 Å². The van der Waals surface area contributed by atoms with E-state index in [1.807, 2.05) is 0 Å². The summed E-state index contributed by atoms with van der Waals surface area (Å²) < 4.78 is 10.5. The third kappa shape index (κ3) is 5.00. The molecule has 3 rings (SSSR count). The largest absolute Gasteiger partial charge is 0.496 e. The van der Waals surface area contributed by atoms with E-state index in [0.717, 1.165) is 12.8 Å². The van der Waals surface area contributed by atoms with Crippen molar-refractivity contribution in [3.63, 3.8) is 0 Å². The highest BCUT2D eigenvalue weighted by Crippen LogP contribution is 2.30. The number of carbonyl (C=O) groups is 3. The van der Waals surface area contributed by atoms with Crippen molar-refractivity contribution in [2.45, 2.75) is 12.8 Å². The summed E-state index contributed by atoms with van der Waals surface area (Å²) in [6, 6.07) is 11.1. The van der Waals surface area contributed by atoms with E-state index in [9.17, 15) is 14.4 Å². The molecule has 0 unspecified atom stereocenters. The summed E-state index contributed by atoms with van der Waals surface area (Å²) in [5.41, 5.74) is 1.01. The van der Waals surface area contributed by atoms with Crippen LogP contribution in [0.1, 0.15) is 23.2 Å². The Hall–Kier alpha value is -3.55. The molecule has 3 N–H and O–H groups in total. The molecule has 8 heteroatoms. The third-order valence-electron chi connectivity index (χ3n) is 4.14. The maximum Gasteiger partial charge on any atom is 0.339 e. The topological polar surface area (TPSA) is 114 Å². The maximum absolute atomic E-state index is 12.1. The number of benzene rings is 2. The Morgan fingerprint density at radius 1 is 1.07 bits per heavy atom. The van der Waals surface area contributed by atoms with Crippen molar-refractivity contribution in [2.24, 2.45) is 5.92 Å². The van der Waals surface area contributed by atoms with Crippen LogP contribution in [0.3, 0.4) is 0 Å². The van der Waals surface area contributed by atoms with Crippen molar-refractivity contribution < 1.29 is 29.0 Å². The van der Waals surface area contributed by atoms with Gasteiger partial charge in [-0.25, -0.2) is 4.79 Å². The Balaban J connectivity index is 1.55. The smallest absolute Gasteiger partial charge is 0.339 e. The molecule has 0 heterocycles. The van der Waals surface area contributed by atoms with Crippen molar-refractivity contribution in [1.29, 1.82) is 0 Å². The maximum atomic E-state index is 12.1. The standard InChI is InChI=1S/C20H20N2O6/c1-27-17-10-14(7-8-16(17)20(25)26)21-18(23)11-28-15-4-2-3-13(9-15)22-19(24)12-5-6-12/h2-4,7-10,12H,5-6,11H2,1H3,(H,21,23)(H,22,24)(H,25,26). The fourth-order valence-electron chi connectivity index (χ4n) is 2.55. The molecule has 2 aromatic rings. The first-order chi connectivity index (χ1) is 13.5. The molecule has 0 aromatic heterocycles. The number of carboxylic acid groups (broad SMARTS) is 1. The molecular weight excluding hydrogens is 364 g/mol. The highest BCUT2D eigenvalue weighted by molar-refractivity contribution is 5.95. The van der Waals surface area contributed by atoms with Crippen molar-refractivity contribution in [1.82, 2.24) is 0 Å². The number of methoxy groups -OCH3 is 1. The number of hydrogen-bond acceptors (Lipinski definition) is 5. The first-order valence-electron chi connectivity index (χ1n) is 8.71. The molecule has 2 amide bonds. The van der Waals surface area contributed by atoms with Gasteiger partial charge >= 0.3 is 5.97 Å². The van der Waals surface area contributed by atoms with Gasteiger partial charge in [-0.15, -0.1) is 0 Å². The molecule has 1 saturated carbocycles. The molecule has 2 aromatic carbocycles. The van der Waals surface area contributed by atoms with E-state index in [1.165, 1.54) is 25.3 Å². The van der Waals surface area contributed by atoms with E-state index in [4.69, 9.17) is 14.6 Å². The molecule has 0 radical (unpaired) electrons. The van der Waals surface area contributed by atoms with E-state index in [0.29, 0.717) is 17.1 Å². The predicted octanol–water partition coefficient (Wildman–Crippen LogP) is 2.76. The number of rotatable bonds is 8. The minimum absolute atomic E-state index is 0.00167. The average Bonchev–Trinajstić information content (AvgIpc) is 3.52.